The summed E-state index contributed by atoms with van der Waals surface area (Å²) in [5.74, 6) is 1.26. The van der Waals surface area contributed by atoms with Crippen LogP contribution in [0.2, 0.25) is 0 Å². The first-order valence-corrected chi connectivity index (χ1v) is 9.81. The first-order valence-electron chi connectivity index (χ1n) is 9.81. The lowest BCUT2D eigenvalue weighted by Crippen LogP contribution is -2.35. The third-order valence-corrected chi connectivity index (χ3v) is 5.23. The summed E-state index contributed by atoms with van der Waals surface area (Å²) in [5, 5.41) is 1.10. The van der Waals surface area contributed by atoms with Gasteiger partial charge >= 0.3 is 0 Å². The molecule has 1 amide bonds. The van der Waals surface area contributed by atoms with Crippen molar-refractivity contribution in [1.29, 1.82) is 0 Å². The lowest BCUT2D eigenvalue weighted by atomic mass is 9.97. The van der Waals surface area contributed by atoms with Gasteiger partial charge in [0.1, 0.15) is 11.5 Å². The highest BCUT2D eigenvalue weighted by Crippen LogP contribution is 2.33. The normalized spacial score (nSPS) is 11.8. The number of H-pyrrole nitrogens is 1. The van der Waals surface area contributed by atoms with Crippen molar-refractivity contribution >= 4 is 16.8 Å². The van der Waals surface area contributed by atoms with E-state index in [-0.39, 0.29) is 18.6 Å². The Labute approximate surface area is 175 Å². The second-order valence-electron chi connectivity index (χ2n) is 7.07. The molecule has 1 atom stereocenters. The molecule has 0 bridgehead atoms. The number of benzene rings is 3. The number of rotatable bonds is 7. The molecule has 0 radical (unpaired) electrons. The molecule has 152 valence electrons. The van der Waals surface area contributed by atoms with Crippen LogP contribution in [0.15, 0.2) is 85.1 Å². The van der Waals surface area contributed by atoms with E-state index in [0.717, 1.165) is 27.8 Å². The molecule has 3 aromatic carbocycles. The van der Waals surface area contributed by atoms with Crippen LogP contribution in [0.3, 0.4) is 0 Å². The maximum atomic E-state index is 13.1. The van der Waals surface area contributed by atoms with Gasteiger partial charge in [0, 0.05) is 29.7 Å². The Morgan fingerprint density at radius 3 is 2.33 bits per heavy atom. The summed E-state index contributed by atoms with van der Waals surface area (Å²) in [7, 11) is 3.43. The number of nitrogens with zero attached hydrogens (tertiary/aromatic N) is 1. The molecule has 5 nitrogen and oxygen atoms in total. The third kappa shape index (κ3) is 4.01. The fraction of sp³-hybridized carbons (Fsp3) is 0.160. The minimum Gasteiger partial charge on any atom is -0.497 e. The van der Waals surface area contributed by atoms with Crippen molar-refractivity contribution in [2.75, 3.05) is 20.8 Å². The van der Waals surface area contributed by atoms with Crippen molar-refractivity contribution in [1.82, 2.24) is 9.88 Å². The van der Waals surface area contributed by atoms with Crippen molar-refractivity contribution in [3.63, 3.8) is 0 Å². The monoisotopic (exact) mass is 400 g/mol. The number of carbonyl (C=O) groups is 1. The van der Waals surface area contributed by atoms with Crippen LogP contribution in [0.25, 0.3) is 10.9 Å². The Kier molecular flexibility index (Phi) is 5.70. The highest BCUT2D eigenvalue weighted by molar-refractivity contribution is 5.85. The molecule has 0 aliphatic heterocycles. The van der Waals surface area contributed by atoms with Gasteiger partial charge in [-0.25, -0.2) is 0 Å². The van der Waals surface area contributed by atoms with Gasteiger partial charge in [-0.05, 0) is 35.9 Å². The summed E-state index contributed by atoms with van der Waals surface area (Å²) in [6.07, 6.45) is 1.98. The minimum absolute atomic E-state index is 0.0471. The quantitative estimate of drug-likeness (QED) is 0.485. The standard InChI is InChI=1S/C25H24N2O3/c1-27(24(28)17-30-20-14-12-19(29-2)13-15-20)25(18-8-4-3-5-9-18)22-16-26-23-11-7-6-10-21(22)23/h3-16,25-26H,17H2,1-2H3. The molecule has 5 heteroatoms. The Hall–Kier alpha value is -3.73. The van der Waals surface area contributed by atoms with Gasteiger partial charge in [-0.2, -0.15) is 0 Å². The first-order chi connectivity index (χ1) is 14.7. The minimum atomic E-state index is -0.227. The molecular formula is C25H24N2O3. The van der Waals surface area contributed by atoms with Crippen LogP contribution >= 0.6 is 0 Å². The number of methoxy groups -OCH3 is 1. The molecule has 0 aliphatic rings. The van der Waals surface area contributed by atoms with Crippen LogP contribution in [0.1, 0.15) is 17.2 Å². The van der Waals surface area contributed by atoms with E-state index in [9.17, 15) is 4.79 Å². The predicted molar refractivity (Wildman–Crippen MR) is 118 cm³/mol. The number of para-hydroxylation sites is 1. The zero-order valence-electron chi connectivity index (χ0n) is 17.0. The van der Waals surface area contributed by atoms with E-state index in [1.807, 2.05) is 73.9 Å². The summed E-state index contributed by atoms with van der Waals surface area (Å²) in [4.78, 5) is 18.1. The molecule has 1 heterocycles. The van der Waals surface area contributed by atoms with Crippen molar-refractivity contribution in [3.05, 3.63) is 96.2 Å². The zero-order chi connectivity index (χ0) is 20.9. The number of ether oxygens (including phenoxy) is 2. The Morgan fingerprint density at radius 1 is 0.933 bits per heavy atom. The number of aromatic nitrogens is 1. The molecule has 0 fully saturated rings. The highest BCUT2D eigenvalue weighted by Gasteiger charge is 2.26. The molecule has 1 N–H and O–H groups in total. The number of fused-ring (bicyclic) bond motifs is 1. The molecule has 30 heavy (non-hydrogen) atoms. The number of likely N-dealkylation sites (N-methyl/N-ethyl adjacent to an activating group) is 1. The number of carbonyl (C=O) groups excluding carboxylic acids is 1. The van der Waals surface area contributed by atoms with E-state index in [0.29, 0.717) is 5.75 Å². The maximum Gasteiger partial charge on any atom is 0.261 e. The summed E-state index contributed by atoms with van der Waals surface area (Å²) < 4.78 is 10.9. The average molecular weight is 400 g/mol. The lowest BCUT2D eigenvalue weighted by molar-refractivity contribution is -0.133. The molecular weight excluding hydrogens is 376 g/mol. The van der Waals surface area contributed by atoms with Crippen LogP contribution < -0.4 is 9.47 Å². The van der Waals surface area contributed by atoms with E-state index < -0.39 is 0 Å². The van der Waals surface area contributed by atoms with E-state index >= 15 is 0 Å². The topological polar surface area (TPSA) is 54.6 Å². The van der Waals surface area contributed by atoms with Crippen LogP contribution in [0.4, 0.5) is 0 Å². The second-order valence-corrected chi connectivity index (χ2v) is 7.07. The Balaban J connectivity index is 1.59. The van der Waals surface area contributed by atoms with Gasteiger partial charge in [0.2, 0.25) is 0 Å². The van der Waals surface area contributed by atoms with Gasteiger partial charge in [-0.1, -0.05) is 48.5 Å². The number of aromatic amines is 1. The lowest BCUT2D eigenvalue weighted by Gasteiger charge is -2.29. The second kappa shape index (κ2) is 8.74. The molecule has 0 saturated heterocycles. The van der Waals surface area contributed by atoms with Gasteiger partial charge in [0.25, 0.3) is 5.91 Å². The molecule has 4 aromatic rings. The first kappa shape index (κ1) is 19.6. The summed E-state index contributed by atoms with van der Waals surface area (Å²) in [6, 6.07) is 25.1. The van der Waals surface area contributed by atoms with Crippen molar-refractivity contribution in [2.45, 2.75) is 6.04 Å². The fourth-order valence-corrected chi connectivity index (χ4v) is 3.63. The third-order valence-electron chi connectivity index (χ3n) is 5.23. The maximum absolute atomic E-state index is 13.1. The molecule has 0 spiro atoms. The smallest absolute Gasteiger partial charge is 0.261 e. The predicted octanol–water partition coefficient (Wildman–Crippen LogP) is 4.80. The van der Waals surface area contributed by atoms with E-state index in [2.05, 4.69) is 11.1 Å². The molecule has 0 saturated carbocycles. The van der Waals surface area contributed by atoms with Crippen molar-refractivity contribution in [2.24, 2.45) is 0 Å². The molecule has 1 unspecified atom stereocenters. The summed E-state index contributed by atoms with van der Waals surface area (Å²) in [6.45, 7) is -0.0471. The molecule has 1 aromatic heterocycles. The summed E-state index contributed by atoms with van der Waals surface area (Å²) in [5.41, 5.74) is 3.14. The number of hydrogen-bond acceptors (Lipinski definition) is 3. The van der Waals surface area contributed by atoms with Crippen molar-refractivity contribution < 1.29 is 14.3 Å². The largest absolute Gasteiger partial charge is 0.497 e. The number of hydrogen-bond donors (Lipinski definition) is 1. The molecule has 0 aliphatic carbocycles. The highest BCUT2D eigenvalue weighted by atomic mass is 16.5. The van der Waals surface area contributed by atoms with Crippen LogP contribution in [0.5, 0.6) is 11.5 Å². The summed E-state index contributed by atoms with van der Waals surface area (Å²) >= 11 is 0. The van der Waals surface area contributed by atoms with Gasteiger partial charge in [0.05, 0.1) is 13.2 Å². The number of amides is 1. The zero-order valence-corrected chi connectivity index (χ0v) is 17.0. The van der Waals surface area contributed by atoms with E-state index in [4.69, 9.17) is 9.47 Å². The Morgan fingerprint density at radius 2 is 1.60 bits per heavy atom. The Bertz CT molecular complexity index is 1120. The SMILES string of the molecule is COc1ccc(OCC(=O)N(C)C(c2ccccc2)c2c[nH]c3ccccc23)cc1. The van der Waals surface area contributed by atoms with Crippen molar-refractivity contribution in [3.8, 4) is 11.5 Å². The van der Waals surface area contributed by atoms with Crippen LogP contribution in [0, 0.1) is 0 Å². The number of nitrogens with one attached hydrogen (secondary N) is 1. The van der Waals surface area contributed by atoms with Gasteiger partial charge in [-0.15, -0.1) is 0 Å². The molecule has 4 rings (SSSR count). The van der Waals surface area contributed by atoms with Gasteiger partial charge < -0.3 is 19.4 Å². The fourth-order valence-electron chi connectivity index (χ4n) is 3.63. The van der Waals surface area contributed by atoms with Crippen LogP contribution in [-0.2, 0) is 4.79 Å². The average Bonchev–Trinajstić information content (AvgIpc) is 3.22. The van der Waals surface area contributed by atoms with E-state index in [1.165, 1.54) is 0 Å². The van der Waals surface area contributed by atoms with Gasteiger partial charge in [0.15, 0.2) is 6.61 Å². The van der Waals surface area contributed by atoms with Gasteiger partial charge in [-0.3, -0.25) is 4.79 Å². The van der Waals surface area contributed by atoms with Crippen LogP contribution in [-0.4, -0.2) is 36.6 Å². The van der Waals surface area contributed by atoms with E-state index in [1.54, 1.807) is 24.1 Å².